The van der Waals surface area contributed by atoms with Crippen LogP contribution in [0.25, 0.3) is 0 Å². The minimum atomic E-state index is 0.621. The normalized spacial score (nSPS) is 21.8. The van der Waals surface area contributed by atoms with Gasteiger partial charge in [0.1, 0.15) is 5.82 Å². The minimum Gasteiger partial charge on any atom is -0.353 e. The molecule has 1 aromatic rings. The van der Waals surface area contributed by atoms with E-state index in [1.54, 1.807) is 6.20 Å². The van der Waals surface area contributed by atoms with E-state index in [-0.39, 0.29) is 0 Å². The molecule has 2 heterocycles. The average molecular weight is 262 g/mol. The lowest BCUT2D eigenvalue weighted by Gasteiger charge is -2.38. The minimum absolute atomic E-state index is 0.621. The molecule has 0 amide bonds. The smallest absolute Gasteiger partial charge is 0.160 e. The van der Waals surface area contributed by atoms with Gasteiger partial charge >= 0.3 is 0 Å². The number of nitrogens with two attached hydrogens (primary N) is 1. The number of hydrogen-bond donors (Lipinski definition) is 2. The molecule has 1 saturated carbocycles. The molecule has 1 saturated heterocycles. The van der Waals surface area contributed by atoms with Crippen molar-refractivity contribution in [2.75, 3.05) is 36.5 Å². The fraction of sp³-hybridized carbons (Fsp3) is 0.692. The molecule has 6 nitrogen and oxygen atoms in total. The van der Waals surface area contributed by atoms with E-state index >= 15 is 0 Å². The molecule has 0 unspecified atom stereocenters. The van der Waals surface area contributed by atoms with Gasteiger partial charge in [-0.25, -0.2) is 10.8 Å². The lowest BCUT2D eigenvalue weighted by molar-refractivity contribution is 0.187. The molecule has 1 aliphatic heterocycles. The van der Waals surface area contributed by atoms with Crippen LogP contribution in [0.3, 0.4) is 0 Å². The Morgan fingerprint density at radius 1 is 1.11 bits per heavy atom. The molecule has 3 rings (SSSR count). The third kappa shape index (κ3) is 2.79. The summed E-state index contributed by atoms with van der Waals surface area (Å²) in [5.41, 5.74) is 2.55. The number of aromatic nitrogens is 2. The highest BCUT2D eigenvalue weighted by molar-refractivity contribution is 5.43. The van der Waals surface area contributed by atoms with E-state index in [1.807, 2.05) is 6.20 Å². The maximum Gasteiger partial charge on any atom is 0.160 e. The number of anilines is 2. The quantitative estimate of drug-likeness (QED) is 0.621. The highest BCUT2D eigenvalue weighted by Gasteiger charge is 2.26. The SMILES string of the molecule is NNc1cncc(N2CCN(C3CCCC3)CC2)n1. The van der Waals surface area contributed by atoms with Crippen LogP contribution in [0.5, 0.6) is 0 Å². The topological polar surface area (TPSA) is 70.3 Å². The largest absolute Gasteiger partial charge is 0.353 e. The van der Waals surface area contributed by atoms with Crippen LogP contribution in [-0.4, -0.2) is 47.1 Å². The maximum atomic E-state index is 5.37. The van der Waals surface area contributed by atoms with Gasteiger partial charge in [0.15, 0.2) is 5.82 Å². The maximum absolute atomic E-state index is 5.37. The molecule has 19 heavy (non-hydrogen) atoms. The molecule has 1 aromatic heterocycles. The Morgan fingerprint density at radius 3 is 2.53 bits per heavy atom. The third-order valence-electron chi connectivity index (χ3n) is 4.25. The van der Waals surface area contributed by atoms with Crippen LogP contribution in [-0.2, 0) is 0 Å². The predicted octanol–water partition coefficient (Wildman–Crippen LogP) is 0.827. The van der Waals surface area contributed by atoms with Crippen molar-refractivity contribution in [3.8, 4) is 0 Å². The van der Waals surface area contributed by atoms with E-state index in [9.17, 15) is 0 Å². The second-order valence-electron chi connectivity index (χ2n) is 5.37. The van der Waals surface area contributed by atoms with Gasteiger partial charge < -0.3 is 10.3 Å². The average Bonchev–Trinajstić information content (AvgIpc) is 3.02. The van der Waals surface area contributed by atoms with Crippen LogP contribution >= 0.6 is 0 Å². The van der Waals surface area contributed by atoms with Crippen molar-refractivity contribution >= 4 is 11.6 Å². The van der Waals surface area contributed by atoms with Crippen molar-refractivity contribution in [1.82, 2.24) is 14.9 Å². The summed E-state index contributed by atoms with van der Waals surface area (Å²) in [5.74, 6) is 6.91. The molecule has 3 N–H and O–H groups in total. The summed E-state index contributed by atoms with van der Waals surface area (Å²) in [7, 11) is 0. The fourth-order valence-electron chi connectivity index (χ4n) is 3.16. The summed E-state index contributed by atoms with van der Waals surface area (Å²) in [6, 6.07) is 0.824. The van der Waals surface area contributed by atoms with E-state index in [4.69, 9.17) is 5.84 Å². The van der Waals surface area contributed by atoms with Gasteiger partial charge in [0.25, 0.3) is 0 Å². The van der Waals surface area contributed by atoms with Crippen molar-refractivity contribution < 1.29 is 0 Å². The van der Waals surface area contributed by atoms with Gasteiger partial charge in [-0.05, 0) is 12.8 Å². The molecule has 0 aromatic carbocycles. The van der Waals surface area contributed by atoms with Crippen LogP contribution in [0.2, 0.25) is 0 Å². The zero-order chi connectivity index (χ0) is 13.1. The number of piperazine rings is 1. The summed E-state index contributed by atoms with van der Waals surface area (Å²) in [4.78, 5) is 13.5. The van der Waals surface area contributed by atoms with Crippen LogP contribution in [0.1, 0.15) is 25.7 Å². The first-order valence-corrected chi connectivity index (χ1v) is 7.14. The molecule has 2 aliphatic rings. The Labute approximate surface area is 114 Å². The molecule has 2 fully saturated rings. The molecule has 0 atom stereocenters. The Hall–Kier alpha value is -1.40. The number of nitrogens with one attached hydrogen (secondary N) is 1. The van der Waals surface area contributed by atoms with Crippen molar-refractivity contribution in [3.05, 3.63) is 12.4 Å². The Bertz CT molecular complexity index is 409. The zero-order valence-corrected chi connectivity index (χ0v) is 11.3. The fourth-order valence-corrected chi connectivity index (χ4v) is 3.16. The van der Waals surface area contributed by atoms with Crippen LogP contribution in [0.4, 0.5) is 11.6 Å². The third-order valence-corrected chi connectivity index (χ3v) is 4.25. The van der Waals surface area contributed by atoms with Gasteiger partial charge in [0, 0.05) is 32.2 Å². The standard InChI is InChI=1S/C13H22N6/c14-17-12-9-15-10-13(16-12)19-7-5-18(6-8-19)11-3-1-2-4-11/h9-11H,1-8,14H2,(H,16,17). The van der Waals surface area contributed by atoms with Gasteiger partial charge in [-0.1, -0.05) is 12.8 Å². The molecular formula is C13H22N6. The van der Waals surface area contributed by atoms with E-state index in [2.05, 4.69) is 25.2 Å². The predicted molar refractivity (Wildman–Crippen MR) is 75.9 cm³/mol. The number of hydrazine groups is 1. The summed E-state index contributed by atoms with van der Waals surface area (Å²) in [5, 5.41) is 0. The number of hydrogen-bond acceptors (Lipinski definition) is 6. The second kappa shape index (κ2) is 5.71. The summed E-state index contributed by atoms with van der Waals surface area (Å²) in [6.45, 7) is 4.32. The van der Waals surface area contributed by atoms with Crippen LogP contribution in [0.15, 0.2) is 12.4 Å². The molecule has 1 aliphatic carbocycles. The summed E-state index contributed by atoms with van der Waals surface area (Å²) in [6.07, 6.45) is 9.02. The van der Waals surface area contributed by atoms with Gasteiger partial charge in [0.2, 0.25) is 0 Å². The summed E-state index contributed by atoms with van der Waals surface area (Å²) >= 11 is 0. The summed E-state index contributed by atoms with van der Waals surface area (Å²) < 4.78 is 0. The van der Waals surface area contributed by atoms with E-state index in [0.29, 0.717) is 5.82 Å². The zero-order valence-electron chi connectivity index (χ0n) is 11.3. The Morgan fingerprint density at radius 2 is 1.84 bits per heavy atom. The molecule has 104 valence electrons. The van der Waals surface area contributed by atoms with Crippen LogP contribution in [0, 0.1) is 0 Å². The second-order valence-corrected chi connectivity index (χ2v) is 5.37. The van der Waals surface area contributed by atoms with Crippen molar-refractivity contribution in [2.45, 2.75) is 31.7 Å². The van der Waals surface area contributed by atoms with Gasteiger partial charge in [0.05, 0.1) is 12.4 Å². The van der Waals surface area contributed by atoms with E-state index in [0.717, 1.165) is 38.0 Å². The van der Waals surface area contributed by atoms with Crippen molar-refractivity contribution in [3.63, 3.8) is 0 Å². The highest BCUT2D eigenvalue weighted by Crippen LogP contribution is 2.25. The van der Waals surface area contributed by atoms with Gasteiger partial charge in [-0.3, -0.25) is 9.88 Å². The Balaban J connectivity index is 1.59. The monoisotopic (exact) mass is 262 g/mol. The van der Waals surface area contributed by atoms with E-state index < -0.39 is 0 Å². The molecule has 0 spiro atoms. The number of nitrogens with zero attached hydrogens (tertiary/aromatic N) is 4. The van der Waals surface area contributed by atoms with Gasteiger partial charge in [-0.2, -0.15) is 0 Å². The first kappa shape index (κ1) is 12.6. The number of nitrogen functional groups attached to an aromatic ring is 1. The van der Waals surface area contributed by atoms with E-state index in [1.165, 1.54) is 25.7 Å². The first-order valence-electron chi connectivity index (χ1n) is 7.14. The van der Waals surface area contributed by atoms with Gasteiger partial charge in [-0.15, -0.1) is 0 Å². The van der Waals surface area contributed by atoms with Crippen LogP contribution < -0.4 is 16.2 Å². The first-order chi connectivity index (χ1) is 9.36. The van der Waals surface area contributed by atoms with Crippen molar-refractivity contribution in [2.24, 2.45) is 5.84 Å². The lowest BCUT2D eigenvalue weighted by Crippen LogP contribution is -2.50. The molecule has 6 heteroatoms. The lowest BCUT2D eigenvalue weighted by atomic mass is 10.2. The number of rotatable bonds is 3. The highest BCUT2D eigenvalue weighted by atomic mass is 15.3. The molecule has 0 radical (unpaired) electrons. The Kier molecular flexibility index (Phi) is 3.79. The molecular weight excluding hydrogens is 240 g/mol. The van der Waals surface area contributed by atoms with Crippen molar-refractivity contribution in [1.29, 1.82) is 0 Å². The molecule has 0 bridgehead atoms.